The lowest BCUT2D eigenvalue weighted by Crippen LogP contribution is -2.56. The molecule has 1 atom stereocenters. The van der Waals surface area contributed by atoms with Gasteiger partial charge < -0.3 is 0 Å². The normalized spacial score (nSPS) is 23.9. The van der Waals surface area contributed by atoms with Gasteiger partial charge in [0, 0.05) is 24.3 Å². The van der Waals surface area contributed by atoms with Crippen molar-refractivity contribution in [3.63, 3.8) is 0 Å². The molecule has 7 heteroatoms. The maximum Gasteiger partial charge on any atom is 0.280 e. The molecule has 1 rings (SSSR count). The van der Waals surface area contributed by atoms with Crippen LogP contribution in [0.5, 0.6) is 0 Å². The molecule has 102 valence electrons. The Morgan fingerprint density at radius 3 is 2.41 bits per heavy atom. The molecule has 0 radical (unpaired) electrons. The van der Waals surface area contributed by atoms with Gasteiger partial charge in [-0.15, -0.1) is 23.2 Å². The van der Waals surface area contributed by atoms with Crippen molar-refractivity contribution in [3.8, 4) is 0 Å². The molecule has 0 saturated carbocycles. The Labute approximate surface area is 114 Å². The number of hydrogen-bond donors (Lipinski definition) is 1. The van der Waals surface area contributed by atoms with E-state index in [2.05, 4.69) is 4.72 Å². The summed E-state index contributed by atoms with van der Waals surface area (Å²) in [5.74, 6) is 0.301. The highest BCUT2D eigenvalue weighted by Crippen LogP contribution is 2.21. The fraction of sp³-hybridized carbons (Fsp3) is 1.00. The molecule has 1 N–H and O–H groups in total. The average Bonchev–Trinajstić information content (AvgIpc) is 2.28. The van der Waals surface area contributed by atoms with Gasteiger partial charge in [-0.3, -0.25) is 0 Å². The molecule has 4 nitrogen and oxygen atoms in total. The van der Waals surface area contributed by atoms with E-state index in [4.69, 9.17) is 23.2 Å². The molecular formula is C10H20Cl2N2O2S. The van der Waals surface area contributed by atoms with Gasteiger partial charge in [-0.1, -0.05) is 6.42 Å². The molecular weight excluding hydrogens is 283 g/mol. The lowest BCUT2D eigenvalue weighted by atomic mass is 10.1. The maximum atomic E-state index is 12.2. The highest BCUT2D eigenvalue weighted by Gasteiger charge is 2.35. The first-order valence-electron chi connectivity index (χ1n) is 5.77. The van der Waals surface area contributed by atoms with E-state index in [1.54, 1.807) is 6.92 Å². The van der Waals surface area contributed by atoms with Crippen LogP contribution in [0.1, 0.15) is 33.1 Å². The van der Waals surface area contributed by atoms with Crippen LogP contribution in [0.15, 0.2) is 0 Å². The van der Waals surface area contributed by atoms with Crippen molar-refractivity contribution in [1.82, 2.24) is 9.03 Å². The Morgan fingerprint density at radius 1 is 1.35 bits per heavy atom. The van der Waals surface area contributed by atoms with Crippen molar-refractivity contribution >= 4 is 33.4 Å². The third-order valence-electron chi connectivity index (χ3n) is 3.02. The minimum absolute atomic E-state index is 0.0381. The van der Waals surface area contributed by atoms with Crippen molar-refractivity contribution in [2.45, 2.75) is 44.7 Å². The molecule has 0 bridgehead atoms. The largest absolute Gasteiger partial charge is 0.280 e. The van der Waals surface area contributed by atoms with Gasteiger partial charge in [0.25, 0.3) is 10.2 Å². The molecule has 0 aliphatic carbocycles. The smallest absolute Gasteiger partial charge is 0.195 e. The molecule has 1 heterocycles. The van der Waals surface area contributed by atoms with Gasteiger partial charge in [0.05, 0.1) is 5.54 Å². The molecule has 1 aliphatic heterocycles. The fourth-order valence-corrected chi connectivity index (χ4v) is 4.30. The topological polar surface area (TPSA) is 49.4 Å². The third-order valence-corrected chi connectivity index (χ3v) is 6.11. The van der Waals surface area contributed by atoms with Crippen molar-refractivity contribution in [2.75, 3.05) is 18.3 Å². The van der Waals surface area contributed by atoms with Gasteiger partial charge in [0.15, 0.2) is 0 Å². The quantitative estimate of drug-likeness (QED) is 0.789. The maximum absolute atomic E-state index is 12.2. The second kappa shape index (κ2) is 6.06. The van der Waals surface area contributed by atoms with E-state index in [-0.39, 0.29) is 17.8 Å². The summed E-state index contributed by atoms with van der Waals surface area (Å²) in [6.45, 7) is 4.20. The van der Waals surface area contributed by atoms with Gasteiger partial charge in [0.2, 0.25) is 0 Å². The summed E-state index contributed by atoms with van der Waals surface area (Å²) in [5, 5.41) is 0. The van der Waals surface area contributed by atoms with Gasteiger partial charge in [0.1, 0.15) is 0 Å². The highest BCUT2D eigenvalue weighted by atomic mass is 35.5. The number of rotatable bonds is 5. The van der Waals surface area contributed by atoms with Crippen LogP contribution in [0.3, 0.4) is 0 Å². The van der Waals surface area contributed by atoms with Crippen LogP contribution >= 0.6 is 23.2 Å². The first kappa shape index (κ1) is 15.5. The van der Waals surface area contributed by atoms with Gasteiger partial charge in [-0.2, -0.15) is 17.4 Å². The van der Waals surface area contributed by atoms with E-state index in [0.29, 0.717) is 6.54 Å². The summed E-state index contributed by atoms with van der Waals surface area (Å²) in [6.07, 6.45) is 2.89. The zero-order valence-corrected chi connectivity index (χ0v) is 12.6. The monoisotopic (exact) mass is 302 g/mol. The van der Waals surface area contributed by atoms with Crippen LogP contribution in [0.2, 0.25) is 0 Å². The Hall–Kier alpha value is 0.450. The molecule has 0 aromatic rings. The van der Waals surface area contributed by atoms with Crippen molar-refractivity contribution in [3.05, 3.63) is 0 Å². The zero-order valence-electron chi connectivity index (χ0n) is 10.2. The van der Waals surface area contributed by atoms with E-state index >= 15 is 0 Å². The summed E-state index contributed by atoms with van der Waals surface area (Å²) >= 11 is 11.5. The van der Waals surface area contributed by atoms with Crippen LogP contribution in [0.4, 0.5) is 0 Å². The molecule has 1 fully saturated rings. The molecule has 0 aromatic heterocycles. The van der Waals surface area contributed by atoms with Crippen LogP contribution < -0.4 is 4.72 Å². The SMILES string of the molecule is CC1CCCCN1S(=O)(=O)NC(C)(CCl)CCl. The molecule has 0 aromatic carbocycles. The van der Waals surface area contributed by atoms with Crippen molar-refractivity contribution in [2.24, 2.45) is 0 Å². The van der Waals surface area contributed by atoms with Crippen LogP contribution in [-0.4, -0.2) is 42.6 Å². The molecule has 17 heavy (non-hydrogen) atoms. The van der Waals surface area contributed by atoms with Gasteiger partial charge in [-0.25, -0.2) is 0 Å². The summed E-state index contributed by atoms with van der Waals surface area (Å²) in [6, 6.07) is 0.0381. The Bertz CT molecular complexity index is 344. The van der Waals surface area contributed by atoms with Gasteiger partial charge >= 0.3 is 0 Å². The Balaban J connectivity index is 2.80. The summed E-state index contributed by atoms with van der Waals surface area (Å²) in [7, 11) is -3.50. The van der Waals surface area contributed by atoms with Crippen LogP contribution in [0, 0.1) is 0 Å². The minimum Gasteiger partial charge on any atom is -0.195 e. The highest BCUT2D eigenvalue weighted by molar-refractivity contribution is 7.87. The minimum atomic E-state index is -3.50. The lowest BCUT2D eigenvalue weighted by Gasteiger charge is -2.35. The van der Waals surface area contributed by atoms with E-state index in [1.165, 1.54) is 4.31 Å². The van der Waals surface area contributed by atoms with Crippen molar-refractivity contribution < 1.29 is 8.42 Å². The average molecular weight is 303 g/mol. The molecule has 0 amide bonds. The number of piperidine rings is 1. The van der Waals surface area contributed by atoms with E-state index in [9.17, 15) is 8.42 Å². The number of alkyl halides is 2. The van der Waals surface area contributed by atoms with E-state index in [1.807, 2.05) is 6.92 Å². The summed E-state index contributed by atoms with van der Waals surface area (Å²) < 4.78 is 28.6. The number of nitrogens with one attached hydrogen (secondary N) is 1. The zero-order chi connectivity index (χ0) is 13.1. The molecule has 1 saturated heterocycles. The van der Waals surface area contributed by atoms with Crippen molar-refractivity contribution in [1.29, 1.82) is 0 Å². The second-order valence-electron chi connectivity index (χ2n) is 4.89. The third kappa shape index (κ3) is 3.96. The number of halogens is 2. The predicted octanol–water partition coefficient (Wildman–Crippen LogP) is 1.93. The van der Waals surface area contributed by atoms with Gasteiger partial charge in [-0.05, 0) is 26.7 Å². The second-order valence-corrected chi connectivity index (χ2v) is 7.05. The first-order chi connectivity index (χ1) is 7.84. The Kier molecular flexibility index (Phi) is 5.53. The van der Waals surface area contributed by atoms with E-state index in [0.717, 1.165) is 19.3 Å². The Morgan fingerprint density at radius 2 is 1.94 bits per heavy atom. The fourth-order valence-electron chi connectivity index (χ4n) is 1.89. The molecule has 1 unspecified atom stereocenters. The lowest BCUT2D eigenvalue weighted by molar-refractivity contribution is 0.261. The summed E-state index contributed by atoms with van der Waals surface area (Å²) in [5.41, 5.74) is -0.793. The molecule has 1 aliphatic rings. The first-order valence-corrected chi connectivity index (χ1v) is 8.28. The molecule has 0 spiro atoms. The van der Waals surface area contributed by atoms with E-state index < -0.39 is 15.7 Å². The van der Waals surface area contributed by atoms with Crippen LogP contribution in [0.25, 0.3) is 0 Å². The predicted molar refractivity (Wildman–Crippen MR) is 71.9 cm³/mol. The standard InChI is InChI=1S/C10H20Cl2N2O2S/c1-9-5-3-4-6-14(9)17(15,16)13-10(2,7-11)8-12/h9,13H,3-8H2,1-2H3. The van der Waals surface area contributed by atoms with Crippen LogP contribution in [-0.2, 0) is 10.2 Å². The number of hydrogen-bond acceptors (Lipinski definition) is 2. The number of nitrogens with zero attached hydrogens (tertiary/aromatic N) is 1. The summed E-state index contributed by atoms with van der Waals surface area (Å²) in [4.78, 5) is 0.